The summed E-state index contributed by atoms with van der Waals surface area (Å²) in [6.07, 6.45) is 3.55. The van der Waals surface area contributed by atoms with Gasteiger partial charge in [-0.25, -0.2) is 8.42 Å². The van der Waals surface area contributed by atoms with Crippen LogP contribution in [0.2, 0.25) is 0 Å². The molecule has 0 saturated carbocycles. The Kier molecular flexibility index (Phi) is 3.50. The van der Waals surface area contributed by atoms with Crippen LogP contribution in [0.4, 0.5) is 0 Å². The molecule has 104 valence electrons. The highest BCUT2D eigenvalue weighted by Crippen LogP contribution is 2.26. The molecule has 2 fully saturated rings. The fourth-order valence-electron chi connectivity index (χ4n) is 2.69. The van der Waals surface area contributed by atoms with E-state index in [1.54, 1.807) is 0 Å². The zero-order valence-electron chi connectivity index (χ0n) is 10.8. The van der Waals surface area contributed by atoms with Gasteiger partial charge in [0.1, 0.15) is 11.9 Å². The van der Waals surface area contributed by atoms with Gasteiger partial charge in [0.25, 0.3) is 0 Å². The number of hydrogen-bond acceptors (Lipinski definition) is 4. The summed E-state index contributed by atoms with van der Waals surface area (Å²) in [7, 11) is -2.81. The van der Waals surface area contributed by atoms with Gasteiger partial charge in [-0.2, -0.15) is 0 Å². The van der Waals surface area contributed by atoms with Crippen molar-refractivity contribution >= 4 is 9.84 Å². The Morgan fingerprint density at radius 3 is 2.42 bits per heavy atom. The van der Waals surface area contributed by atoms with Crippen LogP contribution in [0, 0.1) is 0 Å². The van der Waals surface area contributed by atoms with Crippen LogP contribution in [0.1, 0.15) is 30.9 Å². The van der Waals surface area contributed by atoms with Crippen LogP contribution in [-0.4, -0.2) is 32.6 Å². The van der Waals surface area contributed by atoms with Gasteiger partial charge in [0.2, 0.25) is 0 Å². The lowest BCUT2D eigenvalue weighted by atomic mass is 9.97. The van der Waals surface area contributed by atoms with E-state index >= 15 is 0 Å². The Morgan fingerprint density at radius 1 is 1.11 bits per heavy atom. The number of ether oxygens (including phenoxy) is 1. The van der Waals surface area contributed by atoms with Gasteiger partial charge in [0.05, 0.1) is 11.5 Å². The molecule has 2 saturated heterocycles. The number of nitrogens with one attached hydrogen (secondary N) is 1. The van der Waals surface area contributed by atoms with Crippen LogP contribution in [-0.2, 0) is 9.84 Å². The lowest BCUT2D eigenvalue weighted by molar-refractivity contribution is 0.230. The Hall–Kier alpha value is -1.07. The third kappa shape index (κ3) is 3.09. The van der Waals surface area contributed by atoms with Crippen LogP contribution >= 0.6 is 0 Å². The number of sulfone groups is 1. The minimum Gasteiger partial charge on any atom is -0.488 e. The molecule has 2 heterocycles. The molecule has 2 aliphatic rings. The molecule has 1 aromatic rings. The summed E-state index contributed by atoms with van der Waals surface area (Å²) >= 11 is 0. The van der Waals surface area contributed by atoms with E-state index in [0.29, 0.717) is 6.04 Å². The summed E-state index contributed by atoms with van der Waals surface area (Å²) in [4.78, 5) is 0. The van der Waals surface area contributed by atoms with Crippen LogP contribution in [0.5, 0.6) is 5.75 Å². The lowest BCUT2D eigenvalue weighted by Gasteiger charge is -2.27. The molecule has 19 heavy (non-hydrogen) atoms. The predicted octanol–water partition coefficient (Wildman–Crippen LogP) is 1.68. The first-order chi connectivity index (χ1) is 9.12. The second-order valence-electron chi connectivity index (χ2n) is 5.39. The SMILES string of the molecule is O=S1(=O)CC(Oc2ccc(C3CCCCN3)cc2)C1. The zero-order valence-corrected chi connectivity index (χ0v) is 11.7. The topological polar surface area (TPSA) is 55.4 Å². The molecular weight excluding hydrogens is 262 g/mol. The average molecular weight is 281 g/mol. The minimum absolute atomic E-state index is 0.152. The highest BCUT2D eigenvalue weighted by molar-refractivity contribution is 7.92. The van der Waals surface area contributed by atoms with E-state index in [1.165, 1.54) is 24.8 Å². The maximum absolute atomic E-state index is 11.1. The minimum atomic E-state index is -2.81. The molecule has 0 spiro atoms. The molecule has 0 radical (unpaired) electrons. The quantitative estimate of drug-likeness (QED) is 0.916. The van der Waals surface area contributed by atoms with Gasteiger partial charge in [0, 0.05) is 6.04 Å². The fraction of sp³-hybridized carbons (Fsp3) is 0.571. The first kappa shape index (κ1) is 12.9. The van der Waals surface area contributed by atoms with Crippen LogP contribution in [0.15, 0.2) is 24.3 Å². The van der Waals surface area contributed by atoms with Gasteiger partial charge < -0.3 is 10.1 Å². The monoisotopic (exact) mass is 281 g/mol. The van der Waals surface area contributed by atoms with Crippen molar-refractivity contribution in [3.05, 3.63) is 29.8 Å². The van der Waals surface area contributed by atoms with E-state index in [4.69, 9.17) is 4.74 Å². The van der Waals surface area contributed by atoms with Crippen LogP contribution in [0.3, 0.4) is 0 Å². The molecule has 1 aromatic carbocycles. The highest BCUT2D eigenvalue weighted by Gasteiger charge is 2.35. The van der Waals surface area contributed by atoms with Crippen molar-refractivity contribution in [3.8, 4) is 5.75 Å². The van der Waals surface area contributed by atoms with Crippen molar-refractivity contribution in [2.24, 2.45) is 0 Å². The van der Waals surface area contributed by atoms with Crippen molar-refractivity contribution < 1.29 is 13.2 Å². The van der Waals surface area contributed by atoms with Gasteiger partial charge >= 0.3 is 0 Å². The normalized spacial score (nSPS) is 26.6. The Labute approximate surface area is 114 Å². The maximum atomic E-state index is 11.1. The largest absolute Gasteiger partial charge is 0.488 e. The second-order valence-corrected chi connectivity index (χ2v) is 7.54. The number of piperidine rings is 1. The third-order valence-electron chi connectivity index (χ3n) is 3.78. The van der Waals surface area contributed by atoms with E-state index < -0.39 is 9.84 Å². The molecule has 0 aromatic heterocycles. The summed E-state index contributed by atoms with van der Waals surface area (Å²) < 4.78 is 27.7. The fourth-order valence-corrected chi connectivity index (χ4v) is 3.86. The smallest absolute Gasteiger partial charge is 0.157 e. The van der Waals surface area contributed by atoms with Gasteiger partial charge in [-0.1, -0.05) is 18.6 Å². The molecule has 4 nitrogen and oxygen atoms in total. The number of benzene rings is 1. The first-order valence-electron chi connectivity index (χ1n) is 6.83. The van der Waals surface area contributed by atoms with Gasteiger partial charge in [0.15, 0.2) is 9.84 Å². The van der Waals surface area contributed by atoms with Crippen molar-refractivity contribution in [2.75, 3.05) is 18.1 Å². The Balaban J connectivity index is 1.59. The zero-order chi connectivity index (χ0) is 13.3. The molecule has 3 rings (SSSR count). The first-order valence-corrected chi connectivity index (χ1v) is 8.65. The van der Waals surface area contributed by atoms with Gasteiger partial charge in [-0.3, -0.25) is 0 Å². The lowest BCUT2D eigenvalue weighted by Crippen LogP contribution is -2.45. The third-order valence-corrected chi connectivity index (χ3v) is 5.53. The highest BCUT2D eigenvalue weighted by atomic mass is 32.2. The van der Waals surface area contributed by atoms with E-state index in [1.807, 2.05) is 12.1 Å². The molecule has 0 amide bonds. The summed E-state index contributed by atoms with van der Waals surface area (Å²) in [5, 5.41) is 3.51. The van der Waals surface area contributed by atoms with Crippen LogP contribution < -0.4 is 10.1 Å². The standard InChI is InChI=1S/C14H19NO3S/c16-19(17)9-13(10-19)18-12-6-4-11(5-7-12)14-3-1-2-8-15-14/h4-7,13-15H,1-3,8-10H2. The Morgan fingerprint density at radius 2 is 1.84 bits per heavy atom. The second kappa shape index (κ2) is 5.13. The average Bonchev–Trinajstić information content (AvgIpc) is 2.38. The van der Waals surface area contributed by atoms with Crippen LogP contribution in [0.25, 0.3) is 0 Å². The van der Waals surface area contributed by atoms with Gasteiger partial charge in [-0.05, 0) is 37.1 Å². The number of hydrogen-bond donors (Lipinski definition) is 1. The molecule has 1 unspecified atom stereocenters. The molecule has 5 heteroatoms. The molecular formula is C14H19NO3S. The summed E-state index contributed by atoms with van der Waals surface area (Å²) in [5.41, 5.74) is 1.29. The summed E-state index contributed by atoms with van der Waals surface area (Å²) in [6.45, 7) is 1.09. The van der Waals surface area contributed by atoms with Gasteiger partial charge in [-0.15, -0.1) is 0 Å². The van der Waals surface area contributed by atoms with Crippen molar-refractivity contribution in [3.63, 3.8) is 0 Å². The van der Waals surface area contributed by atoms with E-state index in [0.717, 1.165) is 12.3 Å². The van der Waals surface area contributed by atoms with Crippen molar-refractivity contribution in [1.29, 1.82) is 0 Å². The van der Waals surface area contributed by atoms with E-state index in [2.05, 4.69) is 17.4 Å². The molecule has 2 aliphatic heterocycles. The van der Waals surface area contributed by atoms with Crippen molar-refractivity contribution in [1.82, 2.24) is 5.32 Å². The summed E-state index contributed by atoms with van der Waals surface area (Å²) in [6, 6.07) is 8.48. The molecule has 1 N–H and O–H groups in total. The summed E-state index contributed by atoms with van der Waals surface area (Å²) in [5.74, 6) is 1.07. The molecule has 0 aliphatic carbocycles. The van der Waals surface area contributed by atoms with E-state index in [9.17, 15) is 8.42 Å². The molecule has 1 atom stereocenters. The maximum Gasteiger partial charge on any atom is 0.157 e. The number of rotatable bonds is 3. The Bertz CT molecular complexity index is 520. The van der Waals surface area contributed by atoms with E-state index in [-0.39, 0.29) is 17.6 Å². The predicted molar refractivity (Wildman–Crippen MR) is 74.1 cm³/mol. The molecule has 0 bridgehead atoms. The van der Waals surface area contributed by atoms with Crippen molar-refractivity contribution in [2.45, 2.75) is 31.4 Å².